The quantitative estimate of drug-likeness (QED) is 0.814. The first-order chi connectivity index (χ1) is 8.11. The van der Waals surface area contributed by atoms with Crippen LogP contribution < -0.4 is 9.47 Å². The van der Waals surface area contributed by atoms with Gasteiger partial charge < -0.3 is 14.6 Å². The number of methoxy groups -OCH3 is 1. The molecule has 0 saturated carbocycles. The number of carbonyl (C=O) groups is 1. The van der Waals surface area contributed by atoms with E-state index in [1.54, 1.807) is 19.2 Å². The summed E-state index contributed by atoms with van der Waals surface area (Å²) in [6, 6.07) is 5.42. The van der Waals surface area contributed by atoms with Crippen molar-refractivity contribution in [2.24, 2.45) is 0 Å². The maximum Gasteiger partial charge on any atom is 0.304 e. The van der Waals surface area contributed by atoms with Crippen LogP contribution in [0.3, 0.4) is 0 Å². The second-order valence-corrected chi connectivity index (χ2v) is 4.00. The van der Waals surface area contributed by atoms with Crippen molar-refractivity contribution in [1.29, 1.82) is 0 Å². The zero-order valence-electron chi connectivity index (χ0n) is 9.60. The van der Waals surface area contributed by atoms with Crippen molar-refractivity contribution in [3.63, 3.8) is 0 Å². The van der Waals surface area contributed by atoms with E-state index < -0.39 is 5.97 Å². The highest BCUT2D eigenvalue weighted by atomic mass is 16.5. The largest absolute Gasteiger partial charge is 0.497 e. The Hall–Kier alpha value is -1.97. The lowest BCUT2D eigenvalue weighted by molar-refractivity contribution is -0.137. The van der Waals surface area contributed by atoms with Gasteiger partial charge in [-0.1, -0.05) is 12.6 Å². The number of fused-ring (bicyclic) bond motifs is 1. The first kappa shape index (κ1) is 11.5. The first-order valence-corrected chi connectivity index (χ1v) is 5.32. The lowest BCUT2D eigenvalue weighted by Crippen LogP contribution is -2.19. The molecule has 1 atom stereocenters. The van der Waals surface area contributed by atoms with Crippen LogP contribution in [0.25, 0.3) is 0 Å². The topological polar surface area (TPSA) is 55.8 Å². The number of rotatable bonds is 3. The monoisotopic (exact) mass is 234 g/mol. The standard InChI is InChI=1S/C13H14O4/c1-8-7-17-12-5-9(16-2)3-4-10(12)11(8)6-13(14)15/h3-5,11H,1,6-7H2,2H3,(H,14,15). The van der Waals surface area contributed by atoms with Gasteiger partial charge in [0.25, 0.3) is 0 Å². The molecular weight excluding hydrogens is 220 g/mol. The number of aliphatic carboxylic acids is 1. The number of carboxylic acid groups (broad SMARTS) is 1. The molecular formula is C13H14O4. The van der Waals surface area contributed by atoms with Gasteiger partial charge in [-0.2, -0.15) is 0 Å². The molecule has 4 heteroatoms. The van der Waals surface area contributed by atoms with E-state index >= 15 is 0 Å². The summed E-state index contributed by atoms with van der Waals surface area (Å²) >= 11 is 0. The van der Waals surface area contributed by atoms with Crippen LogP contribution >= 0.6 is 0 Å². The maximum absolute atomic E-state index is 10.8. The number of hydrogen-bond donors (Lipinski definition) is 1. The van der Waals surface area contributed by atoms with Gasteiger partial charge in [0.2, 0.25) is 0 Å². The lowest BCUT2D eigenvalue weighted by Gasteiger charge is -2.27. The van der Waals surface area contributed by atoms with Gasteiger partial charge in [-0.25, -0.2) is 0 Å². The third kappa shape index (κ3) is 2.25. The average Bonchev–Trinajstić information content (AvgIpc) is 2.32. The highest BCUT2D eigenvalue weighted by Crippen LogP contribution is 2.39. The number of carboxylic acids is 1. The van der Waals surface area contributed by atoms with E-state index in [2.05, 4.69) is 6.58 Å². The van der Waals surface area contributed by atoms with Crippen molar-refractivity contribution in [1.82, 2.24) is 0 Å². The highest BCUT2D eigenvalue weighted by molar-refractivity contribution is 5.69. The molecule has 0 bridgehead atoms. The fourth-order valence-electron chi connectivity index (χ4n) is 1.97. The summed E-state index contributed by atoms with van der Waals surface area (Å²) < 4.78 is 10.6. The van der Waals surface area contributed by atoms with Gasteiger partial charge in [0, 0.05) is 17.5 Å². The van der Waals surface area contributed by atoms with Crippen LogP contribution in [-0.2, 0) is 4.79 Å². The molecule has 1 aromatic carbocycles. The fourth-order valence-corrected chi connectivity index (χ4v) is 1.97. The normalized spacial score (nSPS) is 18.2. The molecule has 17 heavy (non-hydrogen) atoms. The van der Waals surface area contributed by atoms with Crippen LogP contribution in [0.15, 0.2) is 30.4 Å². The van der Waals surface area contributed by atoms with Crippen molar-refractivity contribution >= 4 is 5.97 Å². The molecule has 0 fully saturated rings. The number of ether oxygens (including phenoxy) is 2. The summed E-state index contributed by atoms with van der Waals surface area (Å²) in [4.78, 5) is 10.8. The van der Waals surface area contributed by atoms with E-state index in [4.69, 9.17) is 14.6 Å². The van der Waals surface area contributed by atoms with E-state index in [-0.39, 0.29) is 12.3 Å². The predicted octanol–water partition coefficient (Wildman–Crippen LogP) is 2.20. The predicted molar refractivity (Wildman–Crippen MR) is 62.6 cm³/mol. The van der Waals surface area contributed by atoms with Gasteiger partial charge in [-0.3, -0.25) is 4.79 Å². The number of benzene rings is 1. The third-order valence-electron chi connectivity index (χ3n) is 2.88. The summed E-state index contributed by atoms with van der Waals surface area (Å²) in [6.07, 6.45) is 0.0432. The molecule has 1 aromatic rings. The van der Waals surface area contributed by atoms with Crippen LogP contribution in [-0.4, -0.2) is 24.8 Å². The maximum atomic E-state index is 10.8. The Morgan fingerprint density at radius 2 is 2.41 bits per heavy atom. The Labute approximate surface area is 99.5 Å². The summed E-state index contributed by atoms with van der Waals surface area (Å²) in [5.41, 5.74) is 1.66. The van der Waals surface area contributed by atoms with Crippen molar-refractivity contribution in [2.75, 3.05) is 13.7 Å². The van der Waals surface area contributed by atoms with E-state index in [1.807, 2.05) is 6.07 Å². The van der Waals surface area contributed by atoms with E-state index in [9.17, 15) is 4.79 Å². The molecule has 0 radical (unpaired) electrons. The molecule has 0 aromatic heterocycles. The van der Waals surface area contributed by atoms with Gasteiger partial charge in [0.05, 0.1) is 13.5 Å². The van der Waals surface area contributed by atoms with Crippen LogP contribution in [0.1, 0.15) is 17.9 Å². The van der Waals surface area contributed by atoms with Crippen molar-refractivity contribution in [2.45, 2.75) is 12.3 Å². The molecule has 1 aliphatic heterocycles. The van der Waals surface area contributed by atoms with Crippen LogP contribution in [0.4, 0.5) is 0 Å². The molecule has 1 heterocycles. The Morgan fingerprint density at radius 1 is 1.65 bits per heavy atom. The molecule has 4 nitrogen and oxygen atoms in total. The molecule has 0 spiro atoms. The molecule has 90 valence electrons. The Morgan fingerprint density at radius 3 is 3.06 bits per heavy atom. The Balaban J connectivity index is 2.37. The van der Waals surface area contributed by atoms with Crippen molar-refractivity contribution < 1.29 is 19.4 Å². The Bertz CT molecular complexity index is 464. The van der Waals surface area contributed by atoms with Crippen LogP contribution in [0.2, 0.25) is 0 Å². The van der Waals surface area contributed by atoms with Gasteiger partial charge >= 0.3 is 5.97 Å². The molecule has 1 aliphatic rings. The molecule has 2 rings (SSSR count). The molecule has 0 amide bonds. The molecule has 0 aliphatic carbocycles. The average molecular weight is 234 g/mol. The zero-order chi connectivity index (χ0) is 12.4. The van der Waals surface area contributed by atoms with E-state index in [0.717, 1.165) is 11.1 Å². The molecule has 0 saturated heterocycles. The highest BCUT2D eigenvalue weighted by Gasteiger charge is 2.26. The lowest BCUT2D eigenvalue weighted by atomic mass is 9.87. The number of hydrogen-bond acceptors (Lipinski definition) is 3. The minimum atomic E-state index is -0.834. The van der Waals surface area contributed by atoms with E-state index in [0.29, 0.717) is 18.1 Å². The first-order valence-electron chi connectivity index (χ1n) is 5.32. The van der Waals surface area contributed by atoms with Crippen LogP contribution in [0.5, 0.6) is 11.5 Å². The smallest absolute Gasteiger partial charge is 0.304 e. The second-order valence-electron chi connectivity index (χ2n) is 4.00. The van der Waals surface area contributed by atoms with Crippen molar-refractivity contribution in [3.8, 4) is 11.5 Å². The fraction of sp³-hybridized carbons (Fsp3) is 0.308. The van der Waals surface area contributed by atoms with Crippen LogP contribution in [0, 0.1) is 0 Å². The zero-order valence-corrected chi connectivity index (χ0v) is 9.60. The third-order valence-corrected chi connectivity index (χ3v) is 2.88. The second kappa shape index (κ2) is 4.49. The van der Waals surface area contributed by atoms with Gasteiger partial charge in [0.15, 0.2) is 0 Å². The Kier molecular flexibility index (Phi) is 3.04. The minimum absolute atomic E-state index is 0.0432. The minimum Gasteiger partial charge on any atom is -0.497 e. The van der Waals surface area contributed by atoms with E-state index in [1.165, 1.54) is 0 Å². The SMILES string of the molecule is C=C1COc2cc(OC)ccc2C1CC(=O)O. The summed E-state index contributed by atoms with van der Waals surface area (Å²) in [6.45, 7) is 4.23. The van der Waals surface area contributed by atoms with Gasteiger partial charge in [-0.15, -0.1) is 0 Å². The summed E-state index contributed by atoms with van der Waals surface area (Å²) in [7, 11) is 1.58. The van der Waals surface area contributed by atoms with Gasteiger partial charge in [-0.05, 0) is 11.6 Å². The molecule has 1 N–H and O–H groups in total. The summed E-state index contributed by atoms with van der Waals surface area (Å²) in [5.74, 6) is 0.371. The van der Waals surface area contributed by atoms with Crippen molar-refractivity contribution in [3.05, 3.63) is 35.9 Å². The summed E-state index contributed by atoms with van der Waals surface area (Å²) in [5, 5.41) is 8.90. The molecule has 1 unspecified atom stereocenters. The van der Waals surface area contributed by atoms with Gasteiger partial charge in [0.1, 0.15) is 18.1 Å².